The topological polar surface area (TPSA) is 58.6 Å². The van der Waals surface area contributed by atoms with Crippen LogP contribution in [0.4, 0.5) is 5.69 Å². The monoisotopic (exact) mass is 363 g/mol. The van der Waals surface area contributed by atoms with Gasteiger partial charge in [-0.05, 0) is 35.9 Å². The molecular formula is C21H17NO3S. The van der Waals surface area contributed by atoms with Gasteiger partial charge in [-0.2, -0.15) is 0 Å². The average molecular weight is 363 g/mol. The van der Waals surface area contributed by atoms with Crippen LogP contribution in [0.5, 0.6) is 11.5 Å². The van der Waals surface area contributed by atoms with Gasteiger partial charge in [-0.25, -0.2) is 4.79 Å². The Labute approximate surface area is 155 Å². The van der Waals surface area contributed by atoms with Gasteiger partial charge in [0.1, 0.15) is 11.5 Å². The molecule has 2 heterocycles. The van der Waals surface area contributed by atoms with Crippen molar-refractivity contribution in [1.82, 2.24) is 0 Å². The largest absolute Gasteiger partial charge is 0.478 e. The molecule has 0 spiro atoms. The number of thioether (sulfide) groups is 1. The molecule has 2 N–H and O–H groups in total. The van der Waals surface area contributed by atoms with E-state index in [1.165, 1.54) is 10.6 Å². The van der Waals surface area contributed by atoms with Crippen molar-refractivity contribution < 1.29 is 14.6 Å². The van der Waals surface area contributed by atoms with Crippen LogP contribution < -0.4 is 10.1 Å². The molecule has 0 fully saturated rings. The summed E-state index contributed by atoms with van der Waals surface area (Å²) in [6, 6.07) is 21.2. The van der Waals surface area contributed by atoms with Crippen molar-refractivity contribution in [1.29, 1.82) is 0 Å². The highest BCUT2D eigenvalue weighted by atomic mass is 32.2. The molecule has 0 amide bonds. The van der Waals surface area contributed by atoms with Gasteiger partial charge in [0.05, 0.1) is 11.4 Å². The molecule has 26 heavy (non-hydrogen) atoms. The molecule has 0 unspecified atom stereocenters. The van der Waals surface area contributed by atoms with Crippen LogP contribution in [0.25, 0.3) is 0 Å². The first-order valence-corrected chi connectivity index (χ1v) is 9.27. The standard InChI is InChI=1S/C14H10O3.C7H7NS/c15-14(16)10-5-3-7-13-11(10)8-9-4-1-2-6-12(9)17-13;1-2-4-7-6(3-1)8-5-9-7/h1-7H,8H2,(H,15,16);1-4,8H,5H2. The van der Waals surface area contributed by atoms with Gasteiger partial charge in [0, 0.05) is 22.6 Å². The van der Waals surface area contributed by atoms with E-state index >= 15 is 0 Å². The summed E-state index contributed by atoms with van der Waals surface area (Å²) in [6.07, 6.45) is 0.605. The van der Waals surface area contributed by atoms with Crippen LogP contribution in [0.15, 0.2) is 71.6 Å². The lowest BCUT2D eigenvalue weighted by molar-refractivity contribution is 0.0695. The van der Waals surface area contributed by atoms with E-state index in [0.29, 0.717) is 17.7 Å². The smallest absolute Gasteiger partial charge is 0.336 e. The molecule has 0 aliphatic carbocycles. The second-order valence-corrected chi connectivity index (χ2v) is 6.95. The van der Waals surface area contributed by atoms with Gasteiger partial charge in [0.15, 0.2) is 0 Å². The number of anilines is 1. The first-order valence-electron chi connectivity index (χ1n) is 8.29. The quantitative estimate of drug-likeness (QED) is 0.484. The zero-order chi connectivity index (χ0) is 17.9. The molecular weight excluding hydrogens is 346 g/mol. The minimum Gasteiger partial charge on any atom is -0.478 e. The minimum atomic E-state index is -0.912. The summed E-state index contributed by atoms with van der Waals surface area (Å²) in [5.41, 5.74) is 3.37. The molecule has 5 heteroatoms. The van der Waals surface area contributed by atoms with Gasteiger partial charge < -0.3 is 15.2 Å². The number of hydrogen-bond acceptors (Lipinski definition) is 4. The molecule has 3 aromatic rings. The Balaban J connectivity index is 0.000000157. The summed E-state index contributed by atoms with van der Waals surface area (Å²) < 4.78 is 5.70. The highest BCUT2D eigenvalue weighted by molar-refractivity contribution is 7.99. The molecule has 2 aliphatic rings. The number of fused-ring (bicyclic) bond motifs is 3. The number of hydrogen-bond donors (Lipinski definition) is 2. The molecule has 0 aromatic heterocycles. The lowest BCUT2D eigenvalue weighted by Gasteiger charge is -2.21. The van der Waals surface area contributed by atoms with E-state index in [-0.39, 0.29) is 0 Å². The van der Waals surface area contributed by atoms with Crippen molar-refractivity contribution >= 4 is 23.4 Å². The Bertz CT molecular complexity index is 948. The minimum absolute atomic E-state index is 0.317. The van der Waals surface area contributed by atoms with Crippen LogP contribution in [0.2, 0.25) is 0 Å². The maximum atomic E-state index is 11.1. The van der Waals surface area contributed by atoms with E-state index in [4.69, 9.17) is 9.84 Å². The number of ether oxygens (including phenoxy) is 1. The summed E-state index contributed by atoms with van der Waals surface area (Å²) in [4.78, 5) is 12.5. The number of aromatic carboxylic acids is 1. The summed E-state index contributed by atoms with van der Waals surface area (Å²) in [5, 5.41) is 12.4. The van der Waals surface area contributed by atoms with E-state index in [2.05, 4.69) is 29.6 Å². The zero-order valence-electron chi connectivity index (χ0n) is 13.9. The number of carbonyl (C=O) groups is 1. The van der Waals surface area contributed by atoms with E-state index in [1.807, 2.05) is 36.0 Å². The molecule has 0 radical (unpaired) electrons. The Kier molecular flexibility index (Phi) is 4.54. The molecule has 3 aromatic carbocycles. The molecule has 5 rings (SSSR count). The molecule has 0 saturated carbocycles. The number of rotatable bonds is 1. The van der Waals surface area contributed by atoms with E-state index in [0.717, 1.165) is 22.8 Å². The third kappa shape index (κ3) is 3.26. The predicted octanol–water partition coefficient (Wildman–Crippen LogP) is 5.24. The van der Waals surface area contributed by atoms with Gasteiger partial charge in [-0.15, -0.1) is 11.8 Å². The van der Waals surface area contributed by atoms with Crippen molar-refractivity contribution in [3.63, 3.8) is 0 Å². The van der Waals surface area contributed by atoms with Gasteiger partial charge in [0.2, 0.25) is 0 Å². The normalized spacial score (nSPS) is 13.1. The van der Waals surface area contributed by atoms with Crippen LogP contribution >= 0.6 is 11.8 Å². The third-order valence-electron chi connectivity index (χ3n) is 4.30. The molecule has 2 aliphatic heterocycles. The van der Waals surface area contributed by atoms with Gasteiger partial charge >= 0.3 is 5.97 Å². The van der Waals surface area contributed by atoms with Gasteiger partial charge in [0.25, 0.3) is 0 Å². The van der Waals surface area contributed by atoms with Crippen LogP contribution in [0.3, 0.4) is 0 Å². The molecule has 0 bridgehead atoms. The van der Waals surface area contributed by atoms with Crippen LogP contribution in [0.1, 0.15) is 21.5 Å². The van der Waals surface area contributed by atoms with Crippen LogP contribution in [-0.4, -0.2) is 17.0 Å². The number of benzene rings is 3. The van der Waals surface area contributed by atoms with E-state index < -0.39 is 5.97 Å². The van der Waals surface area contributed by atoms with E-state index in [9.17, 15) is 4.79 Å². The fraction of sp³-hybridized carbons (Fsp3) is 0.0952. The Morgan fingerprint density at radius 2 is 1.73 bits per heavy atom. The SMILES string of the molecule is O=C(O)c1cccc2c1Cc1ccccc1O2.c1ccc2c(c1)NCS2. The lowest BCUT2D eigenvalue weighted by Crippen LogP contribution is -2.09. The maximum absolute atomic E-state index is 11.1. The molecule has 130 valence electrons. The molecule has 0 saturated heterocycles. The zero-order valence-corrected chi connectivity index (χ0v) is 14.8. The fourth-order valence-corrected chi connectivity index (χ4v) is 3.89. The summed E-state index contributed by atoms with van der Waals surface area (Å²) in [5.74, 6) is 1.57. The first-order chi connectivity index (χ1) is 12.7. The Morgan fingerprint density at radius 3 is 2.58 bits per heavy atom. The second-order valence-electron chi connectivity index (χ2n) is 5.94. The predicted molar refractivity (Wildman–Crippen MR) is 104 cm³/mol. The summed E-state index contributed by atoms with van der Waals surface area (Å²) in [6.45, 7) is 0. The number of carboxylic acids is 1. The van der Waals surface area contributed by atoms with Crippen LogP contribution in [-0.2, 0) is 6.42 Å². The Hall–Kier alpha value is -2.92. The van der Waals surface area contributed by atoms with Gasteiger partial charge in [-0.1, -0.05) is 36.4 Å². The number of carboxylic acid groups (broad SMARTS) is 1. The van der Waals surface area contributed by atoms with Crippen molar-refractivity contribution in [2.45, 2.75) is 11.3 Å². The van der Waals surface area contributed by atoms with Gasteiger partial charge in [-0.3, -0.25) is 0 Å². The summed E-state index contributed by atoms with van der Waals surface area (Å²) >= 11 is 1.86. The lowest BCUT2D eigenvalue weighted by atomic mass is 9.96. The average Bonchev–Trinajstić information content (AvgIpc) is 3.15. The van der Waals surface area contributed by atoms with Crippen LogP contribution in [0, 0.1) is 0 Å². The summed E-state index contributed by atoms with van der Waals surface area (Å²) in [7, 11) is 0. The van der Waals surface area contributed by atoms with E-state index in [1.54, 1.807) is 18.2 Å². The first kappa shape index (κ1) is 16.5. The van der Waals surface area contributed by atoms with Crippen molar-refractivity contribution in [3.8, 4) is 11.5 Å². The fourth-order valence-electron chi connectivity index (χ4n) is 3.03. The van der Waals surface area contributed by atoms with Crippen molar-refractivity contribution in [2.24, 2.45) is 0 Å². The maximum Gasteiger partial charge on any atom is 0.336 e. The highest BCUT2D eigenvalue weighted by Gasteiger charge is 2.21. The second kappa shape index (κ2) is 7.14. The third-order valence-corrected chi connectivity index (χ3v) is 5.26. The Morgan fingerprint density at radius 1 is 0.962 bits per heavy atom. The van der Waals surface area contributed by atoms with Crippen molar-refractivity contribution in [2.75, 3.05) is 11.2 Å². The number of para-hydroxylation sites is 2. The number of nitrogens with one attached hydrogen (secondary N) is 1. The molecule has 0 atom stereocenters. The van der Waals surface area contributed by atoms with Crippen molar-refractivity contribution in [3.05, 3.63) is 83.4 Å². The highest BCUT2D eigenvalue weighted by Crippen LogP contribution is 2.37. The molecule has 4 nitrogen and oxygen atoms in total.